The smallest absolute Gasteiger partial charge is 0.0522 e. The number of halogens is 1. The summed E-state index contributed by atoms with van der Waals surface area (Å²) in [6.45, 7) is 4.27. The summed E-state index contributed by atoms with van der Waals surface area (Å²) < 4.78 is 1.08. The van der Waals surface area contributed by atoms with Crippen LogP contribution in [0.15, 0.2) is 40.9 Å². The summed E-state index contributed by atoms with van der Waals surface area (Å²) in [4.78, 5) is 0. The van der Waals surface area contributed by atoms with Crippen LogP contribution in [0.2, 0.25) is 0 Å². The van der Waals surface area contributed by atoms with Crippen LogP contribution in [0.3, 0.4) is 0 Å². The first kappa shape index (κ1) is 11.6. The minimum atomic E-state index is -0.201. The van der Waals surface area contributed by atoms with Crippen LogP contribution < -0.4 is 0 Å². The van der Waals surface area contributed by atoms with Crippen LogP contribution in [0, 0.1) is 0 Å². The number of hydrogen-bond acceptors (Lipinski definition) is 1. The molecule has 0 spiro atoms. The van der Waals surface area contributed by atoms with Crippen LogP contribution in [0.5, 0.6) is 0 Å². The van der Waals surface area contributed by atoms with E-state index in [2.05, 4.69) is 54.0 Å². The molecule has 0 unspecified atom stereocenters. The molecule has 1 nitrogen and oxygen atoms in total. The lowest BCUT2D eigenvalue weighted by Gasteiger charge is -2.24. The number of rotatable bonds is 2. The number of hydrogen-bond donors (Lipinski definition) is 1. The van der Waals surface area contributed by atoms with Gasteiger partial charge in [0.15, 0.2) is 0 Å². The van der Waals surface area contributed by atoms with Crippen molar-refractivity contribution in [1.82, 2.24) is 0 Å². The highest BCUT2D eigenvalue weighted by atomic mass is 79.9. The van der Waals surface area contributed by atoms with Gasteiger partial charge < -0.3 is 5.11 Å². The van der Waals surface area contributed by atoms with E-state index >= 15 is 0 Å². The molecule has 0 bridgehead atoms. The summed E-state index contributed by atoms with van der Waals surface area (Å²) in [6, 6.07) is 12.5. The molecule has 0 heterocycles. The molecular weight excluding hydrogens is 264 g/mol. The monoisotopic (exact) mass is 278 g/mol. The SMILES string of the molecule is CC(C)(CO)c1cccc2cc(Br)ccc12. The highest BCUT2D eigenvalue weighted by Crippen LogP contribution is 2.31. The predicted octanol–water partition coefficient (Wildman–Crippen LogP) is 3.87. The van der Waals surface area contributed by atoms with Crippen LogP contribution in [-0.2, 0) is 5.41 Å². The van der Waals surface area contributed by atoms with E-state index in [9.17, 15) is 5.11 Å². The van der Waals surface area contributed by atoms with E-state index in [1.807, 2.05) is 12.1 Å². The molecule has 1 N–H and O–H groups in total. The molecule has 0 aliphatic heterocycles. The second kappa shape index (κ2) is 4.19. The van der Waals surface area contributed by atoms with Gasteiger partial charge in [0.25, 0.3) is 0 Å². The van der Waals surface area contributed by atoms with Crippen LogP contribution in [0.25, 0.3) is 10.8 Å². The molecule has 0 amide bonds. The van der Waals surface area contributed by atoms with Crippen molar-refractivity contribution in [2.24, 2.45) is 0 Å². The Morgan fingerprint density at radius 1 is 1.19 bits per heavy atom. The number of benzene rings is 2. The van der Waals surface area contributed by atoms with Gasteiger partial charge in [0.05, 0.1) is 6.61 Å². The standard InChI is InChI=1S/C14H15BrO/c1-14(2,9-16)13-5-3-4-10-8-11(15)6-7-12(10)13/h3-8,16H,9H2,1-2H3. The first-order chi connectivity index (χ1) is 7.54. The van der Waals surface area contributed by atoms with E-state index in [1.165, 1.54) is 16.3 Å². The highest BCUT2D eigenvalue weighted by Gasteiger charge is 2.21. The molecule has 84 valence electrons. The zero-order chi connectivity index (χ0) is 11.8. The Bertz CT molecular complexity index is 517. The third kappa shape index (κ3) is 2.00. The van der Waals surface area contributed by atoms with Gasteiger partial charge >= 0.3 is 0 Å². The third-order valence-electron chi connectivity index (χ3n) is 2.97. The van der Waals surface area contributed by atoms with Crippen LogP contribution in [0.4, 0.5) is 0 Å². The molecule has 0 aliphatic carbocycles. The van der Waals surface area contributed by atoms with Crippen LogP contribution in [0.1, 0.15) is 19.4 Å². The van der Waals surface area contributed by atoms with Crippen molar-refractivity contribution in [3.8, 4) is 0 Å². The first-order valence-electron chi connectivity index (χ1n) is 5.34. The summed E-state index contributed by atoms with van der Waals surface area (Å²) in [5.41, 5.74) is 0.993. The Kier molecular flexibility index (Phi) is 3.04. The maximum atomic E-state index is 9.45. The van der Waals surface area contributed by atoms with Crippen molar-refractivity contribution in [3.05, 3.63) is 46.4 Å². The summed E-state index contributed by atoms with van der Waals surface area (Å²) in [6.07, 6.45) is 0. The zero-order valence-electron chi connectivity index (χ0n) is 9.50. The van der Waals surface area contributed by atoms with E-state index in [1.54, 1.807) is 0 Å². The average molecular weight is 279 g/mol. The van der Waals surface area contributed by atoms with Gasteiger partial charge in [-0.05, 0) is 28.5 Å². The van der Waals surface area contributed by atoms with E-state index in [0.29, 0.717) is 0 Å². The van der Waals surface area contributed by atoms with E-state index in [-0.39, 0.29) is 12.0 Å². The lowest BCUT2D eigenvalue weighted by atomic mass is 9.82. The van der Waals surface area contributed by atoms with Gasteiger partial charge in [-0.15, -0.1) is 0 Å². The zero-order valence-corrected chi connectivity index (χ0v) is 11.1. The van der Waals surface area contributed by atoms with Crippen molar-refractivity contribution in [2.75, 3.05) is 6.61 Å². The summed E-state index contributed by atoms with van der Waals surface area (Å²) in [5, 5.41) is 11.9. The van der Waals surface area contributed by atoms with Crippen molar-refractivity contribution < 1.29 is 5.11 Å². The molecule has 0 saturated carbocycles. The van der Waals surface area contributed by atoms with Gasteiger partial charge in [0, 0.05) is 9.89 Å². The lowest BCUT2D eigenvalue weighted by molar-refractivity contribution is 0.219. The van der Waals surface area contributed by atoms with Gasteiger partial charge in [-0.3, -0.25) is 0 Å². The molecule has 2 aromatic rings. The molecule has 0 atom stereocenters. The molecule has 0 aromatic heterocycles. The third-order valence-corrected chi connectivity index (χ3v) is 3.46. The number of aliphatic hydroxyl groups excluding tert-OH is 1. The predicted molar refractivity (Wildman–Crippen MR) is 71.8 cm³/mol. The Morgan fingerprint density at radius 2 is 1.94 bits per heavy atom. The molecule has 0 saturated heterocycles. The van der Waals surface area contributed by atoms with Gasteiger partial charge in [0.2, 0.25) is 0 Å². The minimum absolute atomic E-state index is 0.155. The van der Waals surface area contributed by atoms with Gasteiger partial charge in [0.1, 0.15) is 0 Å². The Balaban J connectivity index is 2.72. The van der Waals surface area contributed by atoms with Crippen molar-refractivity contribution >= 4 is 26.7 Å². The van der Waals surface area contributed by atoms with E-state index < -0.39 is 0 Å². The molecular formula is C14H15BrO. The molecule has 0 aliphatic rings. The maximum absolute atomic E-state index is 9.45. The van der Waals surface area contributed by atoms with E-state index in [0.717, 1.165) is 4.47 Å². The van der Waals surface area contributed by atoms with Crippen molar-refractivity contribution in [2.45, 2.75) is 19.3 Å². The van der Waals surface area contributed by atoms with Gasteiger partial charge in [-0.1, -0.05) is 54.0 Å². The minimum Gasteiger partial charge on any atom is -0.395 e. The van der Waals surface area contributed by atoms with Crippen LogP contribution in [-0.4, -0.2) is 11.7 Å². The molecule has 2 heteroatoms. The molecule has 0 radical (unpaired) electrons. The molecule has 16 heavy (non-hydrogen) atoms. The van der Waals surface area contributed by atoms with Crippen LogP contribution >= 0.6 is 15.9 Å². The highest BCUT2D eigenvalue weighted by molar-refractivity contribution is 9.10. The molecule has 0 fully saturated rings. The summed E-state index contributed by atoms with van der Waals surface area (Å²) in [7, 11) is 0. The number of aliphatic hydroxyl groups is 1. The summed E-state index contributed by atoms with van der Waals surface area (Å²) in [5.74, 6) is 0. The summed E-state index contributed by atoms with van der Waals surface area (Å²) >= 11 is 3.48. The molecule has 2 rings (SSSR count). The largest absolute Gasteiger partial charge is 0.395 e. The number of fused-ring (bicyclic) bond motifs is 1. The maximum Gasteiger partial charge on any atom is 0.0522 e. The van der Waals surface area contributed by atoms with E-state index in [4.69, 9.17) is 0 Å². The van der Waals surface area contributed by atoms with Crippen molar-refractivity contribution in [1.29, 1.82) is 0 Å². The van der Waals surface area contributed by atoms with Crippen molar-refractivity contribution in [3.63, 3.8) is 0 Å². The second-order valence-electron chi connectivity index (χ2n) is 4.71. The molecule has 2 aromatic carbocycles. The second-order valence-corrected chi connectivity index (χ2v) is 5.63. The fourth-order valence-corrected chi connectivity index (χ4v) is 2.31. The Hall–Kier alpha value is -0.860. The lowest BCUT2D eigenvalue weighted by Crippen LogP contribution is -2.22. The first-order valence-corrected chi connectivity index (χ1v) is 6.13. The Morgan fingerprint density at radius 3 is 2.62 bits per heavy atom. The normalized spacial score (nSPS) is 12.0. The quantitative estimate of drug-likeness (QED) is 0.884. The topological polar surface area (TPSA) is 20.2 Å². The Labute approximate surface area is 104 Å². The van der Waals surface area contributed by atoms with Gasteiger partial charge in [-0.25, -0.2) is 0 Å². The average Bonchev–Trinajstić information content (AvgIpc) is 2.27. The van der Waals surface area contributed by atoms with Gasteiger partial charge in [-0.2, -0.15) is 0 Å². The fraction of sp³-hybridized carbons (Fsp3) is 0.286. The fourth-order valence-electron chi connectivity index (χ4n) is 1.93.